The molecule has 2 heteroatoms. The van der Waals surface area contributed by atoms with Gasteiger partial charge in [0.1, 0.15) is 5.82 Å². The van der Waals surface area contributed by atoms with Gasteiger partial charge < -0.3 is 0 Å². The van der Waals surface area contributed by atoms with Gasteiger partial charge in [-0.25, -0.2) is 4.98 Å². The second-order valence-corrected chi connectivity index (χ2v) is 16.9. The van der Waals surface area contributed by atoms with Crippen LogP contribution in [0.1, 0.15) is 57.3 Å². The predicted octanol–water partition coefficient (Wildman–Crippen LogP) is 15.6. The van der Waals surface area contributed by atoms with Crippen molar-refractivity contribution in [2.75, 3.05) is 0 Å². The summed E-state index contributed by atoms with van der Waals surface area (Å²) in [7, 11) is 0. The van der Waals surface area contributed by atoms with E-state index < -0.39 is 0 Å². The van der Waals surface area contributed by atoms with Crippen LogP contribution in [0.25, 0.3) is 99.6 Å². The fourth-order valence-electron chi connectivity index (χ4n) is 9.97. The molecule has 2 aliphatic carbocycles. The van der Waals surface area contributed by atoms with Crippen molar-refractivity contribution in [3.05, 3.63) is 175 Å². The Bertz CT molecular complexity index is 3140. The van der Waals surface area contributed by atoms with E-state index in [0.717, 1.165) is 23.5 Å². The first-order valence-corrected chi connectivity index (χ1v) is 21.1. The molecule has 0 aliphatic heterocycles. The molecule has 2 unspecified atom stereocenters. The number of fused-ring (bicyclic) bond motifs is 5. The standard InChI is InChI=1S/C56H46N2/c1-35-19-20-36(2)52(31-35)58-55-37(3)11-10-18-51(55)57-56(58)41-25-21-40(22-26-41)44-29-30-49-50(34-44)54(46-28-24-39-13-5-7-15-43(39)33-46)48-17-9-8-16-47(48)53(49)45-27-23-38-12-4-6-14-42(38)32-45/h4-10,12-18,21-37H,11,19-20H2,1-3H3/t35-,36?,37?/m0/s1. The highest BCUT2D eigenvalue weighted by atomic mass is 15.1. The highest BCUT2D eigenvalue weighted by Gasteiger charge is 2.29. The van der Waals surface area contributed by atoms with Gasteiger partial charge in [0.15, 0.2) is 0 Å². The summed E-state index contributed by atoms with van der Waals surface area (Å²) in [6.45, 7) is 7.10. The van der Waals surface area contributed by atoms with Crippen LogP contribution in [0.2, 0.25) is 0 Å². The third kappa shape index (κ3) is 5.73. The van der Waals surface area contributed by atoms with Crippen LogP contribution in [0.3, 0.4) is 0 Å². The van der Waals surface area contributed by atoms with E-state index in [1.807, 2.05) is 0 Å². The SMILES string of the molecule is CC1CC[C@H](C)C=C1n1c(-c2ccc(-c3ccc4c(-c5ccc6ccccc6c5)c5ccccc5c(-c5ccc6ccccc6c5)c4c3)cc2)nc2c1C(C)CC=C2. The van der Waals surface area contributed by atoms with Gasteiger partial charge >= 0.3 is 0 Å². The molecule has 0 radical (unpaired) electrons. The van der Waals surface area contributed by atoms with Gasteiger partial charge in [-0.05, 0) is 132 Å². The van der Waals surface area contributed by atoms with Crippen molar-refractivity contribution in [1.82, 2.24) is 9.55 Å². The van der Waals surface area contributed by atoms with Crippen molar-refractivity contribution < 1.29 is 0 Å². The summed E-state index contributed by atoms with van der Waals surface area (Å²) in [5.74, 6) is 2.55. The van der Waals surface area contributed by atoms with Gasteiger partial charge in [-0.15, -0.1) is 0 Å². The molecule has 1 aromatic heterocycles. The maximum Gasteiger partial charge on any atom is 0.145 e. The van der Waals surface area contributed by atoms with Crippen LogP contribution in [0.15, 0.2) is 164 Å². The largest absolute Gasteiger partial charge is 0.300 e. The van der Waals surface area contributed by atoms with Crippen molar-refractivity contribution in [2.24, 2.45) is 11.8 Å². The molecule has 0 saturated heterocycles. The zero-order chi connectivity index (χ0) is 38.9. The monoisotopic (exact) mass is 746 g/mol. The van der Waals surface area contributed by atoms with Crippen molar-refractivity contribution in [3.8, 4) is 44.8 Å². The summed E-state index contributed by atoms with van der Waals surface area (Å²) in [6.07, 6.45) is 10.5. The molecule has 0 N–H and O–H groups in total. The Hall–Kier alpha value is -6.51. The van der Waals surface area contributed by atoms with E-state index in [0.29, 0.717) is 17.8 Å². The van der Waals surface area contributed by atoms with Gasteiger partial charge in [0.25, 0.3) is 0 Å². The molecular weight excluding hydrogens is 701 g/mol. The van der Waals surface area contributed by atoms with Crippen LogP contribution < -0.4 is 0 Å². The summed E-state index contributed by atoms with van der Waals surface area (Å²) in [6, 6.07) is 56.5. The second-order valence-electron chi connectivity index (χ2n) is 16.9. The minimum absolute atomic E-state index is 0.427. The Kier molecular flexibility index (Phi) is 8.29. The first kappa shape index (κ1) is 34.7. The average Bonchev–Trinajstić information content (AvgIpc) is 3.66. The molecule has 0 spiro atoms. The Labute approximate surface area is 340 Å². The smallest absolute Gasteiger partial charge is 0.145 e. The lowest BCUT2D eigenvalue weighted by atomic mass is 9.84. The van der Waals surface area contributed by atoms with Crippen LogP contribution >= 0.6 is 0 Å². The zero-order valence-corrected chi connectivity index (χ0v) is 33.4. The Morgan fingerprint density at radius 2 is 1.03 bits per heavy atom. The van der Waals surface area contributed by atoms with E-state index >= 15 is 0 Å². The van der Waals surface area contributed by atoms with Gasteiger partial charge in [0.05, 0.1) is 11.4 Å². The summed E-state index contributed by atoms with van der Waals surface area (Å²) in [4.78, 5) is 5.34. The van der Waals surface area contributed by atoms with Crippen LogP contribution in [0, 0.1) is 11.8 Å². The Balaban J connectivity index is 1.11. The number of rotatable bonds is 5. The lowest BCUT2D eigenvalue weighted by molar-refractivity contribution is 0.497. The molecule has 280 valence electrons. The third-order valence-electron chi connectivity index (χ3n) is 13.0. The average molecular weight is 747 g/mol. The molecule has 2 nitrogen and oxygen atoms in total. The van der Waals surface area contributed by atoms with Crippen LogP contribution in [0.4, 0.5) is 0 Å². The zero-order valence-electron chi connectivity index (χ0n) is 33.4. The van der Waals surface area contributed by atoms with E-state index in [9.17, 15) is 0 Å². The molecule has 0 amide bonds. The van der Waals surface area contributed by atoms with E-state index in [-0.39, 0.29) is 0 Å². The minimum atomic E-state index is 0.427. The quantitative estimate of drug-likeness (QED) is 0.160. The summed E-state index contributed by atoms with van der Waals surface area (Å²) < 4.78 is 2.53. The number of imidazole rings is 1. The van der Waals surface area contributed by atoms with E-state index in [2.05, 4.69) is 195 Å². The van der Waals surface area contributed by atoms with Crippen molar-refractivity contribution in [3.63, 3.8) is 0 Å². The molecule has 3 atom stereocenters. The number of hydrogen-bond donors (Lipinski definition) is 0. The van der Waals surface area contributed by atoms with E-state index in [1.165, 1.54) is 101 Å². The molecule has 2 aliphatic rings. The highest BCUT2D eigenvalue weighted by molar-refractivity contribution is 6.22. The van der Waals surface area contributed by atoms with Gasteiger partial charge in [-0.2, -0.15) is 0 Å². The lowest BCUT2D eigenvalue weighted by Gasteiger charge is -2.29. The maximum atomic E-state index is 5.34. The van der Waals surface area contributed by atoms with Crippen molar-refractivity contribution in [1.29, 1.82) is 0 Å². The fourth-order valence-corrected chi connectivity index (χ4v) is 9.97. The molecule has 0 fully saturated rings. The summed E-state index contributed by atoms with van der Waals surface area (Å²) in [5, 5.41) is 10.1. The van der Waals surface area contributed by atoms with Crippen molar-refractivity contribution >= 4 is 54.9 Å². The lowest BCUT2D eigenvalue weighted by Crippen LogP contribution is -2.18. The third-order valence-corrected chi connectivity index (χ3v) is 13.0. The molecule has 8 aromatic carbocycles. The van der Waals surface area contributed by atoms with Crippen LogP contribution in [-0.2, 0) is 0 Å². The highest BCUT2D eigenvalue weighted by Crippen LogP contribution is 2.46. The molecule has 11 rings (SSSR count). The Morgan fingerprint density at radius 1 is 0.483 bits per heavy atom. The fraction of sp³-hybridized carbons (Fsp3) is 0.161. The van der Waals surface area contributed by atoms with Crippen molar-refractivity contribution in [2.45, 2.75) is 46.0 Å². The minimum Gasteiger partial charge on any atom is -0.300 e. The van der Waals surface area contributed by atoms with Gasteiger partial charge in [-0.1, -0.05) is 166 Å². The number of hydrogen-bond acceptors (Lipinski definition) is 1. The Morgan fingerprint density at radius 3 is 1.71 bits per heavy atom. The number of nitrogens with zero attached hydrogens (tertiary/aromatic N) is 2. The maximum absolute atomic E-state index is 5.34. The summed E-state index contributed by atoms with van der Waals surface area (Å²) in [5.41, 5.74) is 12.5. The molecule has 0 saturated carbocycles. The predicted molar refractivity (Wildman–Crippen MR) is 248 cm³/mol. The second kappa shape index (κ2) is 13.9. The number of aromatic nitrogens is 2. The van der Waals surface area contributed by atoms with E-state index in [1.54, 1.807) is 0 Å². The molecule has 1 heterocycles. The number of allylic oxidation sites excluding steroid dienone is 3. The van der Waals surface area contributed by atoms with Crippen LogP contribution in [-0.4, -0.2) is 9.55 Å². The van der Waals surface area contributed by atoms with Gasteiger partial charge in [0.2, 0.25) is 0 Å². The topological polar surface area (TPSA) is 17.8 Å². The molecule has 58 heavy (non-hydrogen) atoms. The first-order valence-electron chi connectivity index (χ1n) is 21.1. The first-order chi connectivity index (χ1) is 28.5. The molecular formula is C56H46N2. The summed E-state index contributed by atoms with van der Waals surface area (Å²) >= 11 is 0. The van der Waals surface area contributed by atoms with Gasteiger partial charge in [-0.3, -0.25) is 4.57 Å². The number of benzene rings is 8. The molecule has 0 bridgehead atoms. The molecule has 9 aromatic rings. The van der Waals surface area contributed by atoms with Gasteiger partial charge in [0, 0.05) is 17.2 Å². The van der Waals surface area contributed by atoms with E-state index in [4.69, 9.17) is 4.98 Å². The van der Waals surface area contributed by atoms with Crippen LogP contribution in [0.5, 0.6) is 0 Å². The normalized spacial score (nSPS) is 17.9.